The minimum atomic E-state index is -0.732. The molecular weight excluding hydrogens is 409 g/mol. The Morgan fingerprint density at radius 1 is 1.27 bits per heavy atom. The molecule has 162 valence electrons. The van der Waals surface area contributed by atoms with Gasteiger partial charge in [-0.25, -0.2) is 19.0 Å². The largest absolute Gasteiger partial charge is 0.464 e. The monoisotopic (exact) mass is 435 g/mol. The van der Waals surface area contributed by atoms with Crippen LogP contribution in [-0.4, -0.2) is 47.7 Å². The molecule has 9 heteroatoms. The molecule has 1 aliphatic rings. The predicted molar refractivity (Wildman–Crippen MR) is 113 cm³/mol. The van der Waals surface area contributed by atoms with Crippen LogP contribution in [0.4, 0.5) is 14.2 Å². The summed E-state index contributed by atoms with van der Waals surface area (Å²) in [6.45, 7) is 7.94. The summed E-state index contributed by atoms with van der Waals surface area (Å²) in [5.41, 5.74) is 0.340. The number of amides is 1. The van der Waals surface area contributed by atoms with E-state index in [1.807, 2.05) is 6.07 Å². The van der Waals surface area contributed by atoms with Gasteiger partial charge in [-0.2, -0.15) is 0 Å². The zero-order valence-corrected chi connectivity index (χ0v) is 18.4. The molecule has 2 heterocycles. The molecule has 3 rings (SSSR count). The minimum Gasteiger partial charge on any atom is -0.464 e. The van der Waals surface area contributed by atoms with Gasteiger partial charge in [0, 0.05) is 12.1 Å². The van der Waals surface area contributed by atoms with Gasteiger partial charge in [-0.3, -0.25) is 10.2 Å². The first-order chi connectivity index (χ1) is 14.2. The van der Waals surface area contributed by atoms with Gasteiger partial charge >= 0.3 is 12.1 Å². The van der Waals surface area contributed by atoms with Gasteiger partial charge in [0.1, 0.15) is 21.4 Å². The SMILES string of the molecule is COC(=O)c1nc(-c2ccc(CN3CCCC3)cc2F)sc1NC(=O)OC(C)(C)C. The van der Waals surface area contributed by atoms with Gasteiger partial charge in [-0.05, 0) is 64.4 Å². The van der Waals surface area contributed by atoms with Gasteiger partial charge in [-0.15, -0.1) is 0 Å². The summed E-state index contributed by atoms with van der Waals surface area (Å²) in [5, 5.41) is 2.93. The molecule has 0 unspecified atom stereocenters. The molecular formula is C21H26FN3O4S. The standard InChI is InChI=1S/C21H26FN3O4S/c1-21(2,3)29-20(27)24-18-16(19(26)28-4)23-17(30-18)14-8-7-13(11-15(14)22)12-25-9-5-6-10-25/h7-8,11H,5-6,9-10,12H2,1-4H3,(H,24,27). The highest BCUT2D eigenvalue weighted by molar-refractivity contribution is 7.19. The molecule has 7 nitrogen and oxygen atoms in total. The number of halogens is 1. The Balaban J connectivity index is 1.85. The smallest absolute Gasteiger partial charge is 0.412 e. The van der Waals surface area contributed by atoms with Crippen LogP contribution in [-0.2, 0) is 16.0 Å². The van der Waals surface area contributed by atoms with E-state index in [1.165, 1.54) is 26.0 Å². The summed E-state index contributed by atoms with van der Waals surface area (Å²) >= 11 is 0.989. The van der Waals surface area contributed by atoms with E-state index in [4.69, 9.17) is 9.47 Å². The van der Waals surface area contributed by atoms with Crippen LogP contribution < -0.4 is 5.32 Å². The number of benzene rings is 1. The van der Waals surface area contributed by atoms with Crippen molar-refractivity contribution in [2.24, 2.45) is 0 Å². The third kappa shape index (κ3) is 5.54. The van der Waals surface area contributed by atoms with E-state index in [9.17, 15) is 14.0 Å². The van der Waals surface area contributed by atoms with Crippen LogP contribution in [0.25, 0.3) is 10.6 Å². The molecule has 1 aliphatic heterocycles. The van der Waals surface area contributed by atoms with Crippen LogP contribution >= 0.6 is 11.3 Å². The quantitative estimate of drug-likeness (QED) is 0.687. The molecule has 0 radical (unpaired) electrons. The minimum absolute atomic E-state index is 0.0936. The zero-order chi connectivity index (χ0) is 21.9. The van der Waals surface area contributed by atoms with E-state index in [0.717, 1.165) is 30.0 Å². The average Bonchev–Trinajstić information content (AvgIpc) is 3.29. The molecule has 1 saturated heterocycles. The number of aromatic nitrogens is 1. The van der Waals surface area contributed by atoms with Gasteiger partial charge in [0.05, 0.1) is 7.11 Å². The fourth-order valence-corrected chi connectivity index (χ4v) is 4.15. The normalized spacial score (nSPS) is 14.6. The lowest BCUT2D eigenvalue weighted by Gasteiger charge is -2.19. The molecule has 2 aromatic rings. The number of thiazole rings is 1. The van der Waals surface area contributed by atoms with Gasteiger partial charge in [0.15, 0.2) is 5.69 Å². The number of ether oxygens (including phenoxy) is 2. The second kappa shape index (κ2) is 9.09. The highest BCUT2D eigenvalue weighted by atomic mass is 32.1. The first-order valence-corrected chi connectivity index (χ1v) is 10.6. The maximum Gasteiger partial charge on any atom is 0.412 e. The number of hydrogen-bond acceptors (Lipinski definition) is 7. The first kappa shape index (κ1) is 22.2. The Kier molecular flexibility index (Phi) is 6.72. The van der Waals surface area contributed by atoms with E-state index < -0.39 is 23.5 Å². The summed E-state index contributed by atoms with van der Waals surface area (Å²) in [4.78, 5) is 30.7. The first-order valence-electron chi connectivity index (χ1n) is 9.76. The number of anilines is 1. The molecule has 30 heavy (non-hydrogen) atoms. The maximum atomic E-state index is 14.8. The fourth-order valence-electron chi connectivity index (χ4n) is 3.18. The number of methoxy groups -OCH3 is 1. The summed E-state index contributed by atoms with van der Waals surface area (Å²) in [7, 11) is 1.21. The van der Waals surface area contributed by atoms with Crippen molar-refractivity contribution in [3.05, 3.63) is 35.3 Å². The van der Waals surface area contributed by atoms with Gasteiger partial charge in [0.25, 0.3) is 0 Å². The van der Waals surface area contributed by atoms with Crippen molar-refractivity contribution in [1.29, 1.82) is 0 Å². The molecule has 1 aromatic heterocycles. The summed E-state index contributed by atoms with van der Waals surface area (Å²) in [6.07, 6.45) is 1.61. The van der Waals surface area contributed by atoms with E-state index >= 15 is 0 Å². The van der Waals surface area contributed by atoms with Crippen molar-refractivity contribution >= 4 is 28.4 Å². The average molecular weight is 436 g/mol. The number of nitrogens with zero attached hydrogens (tertiary/aromatic N) is 2. The Bertz CT molecular complexity index is 933. The summed E-state index contributed by atoms with van der Waals surface area (Å²) < 4.78 is 24.8. The third-order valence-corrected chi connectivity index (χ3v) is 5.49. The molecule has 1 N–H and O–H groups in total. The molecule has 1 amide bonds. The number of rotatable bonds is 5. The molecule has 0 atom stereocenters. The van der Waals surface area contributed by atoms with Crippen molar-refractivity contribution in [2.45, 2.75) is 45.8 Å². The summed E-state index contributed by atoms with van der Waals surface area (Å²) in [5.74, 6) is -1.16. The highest BCUT2D eigenvalue weighted by Crippen LogP contribution is 2.34. The third-order valence-electron chi connectivity index (χ3n) is 4.49. The lowest BCUT2D eigenvalue weighted by Crippen LogP contribution is -2.27. The molecule has 0 aliphatic carbocycles. The predicted octanol–water partition coefficient (Wildman–Crippen LogP) is 4.68. The number of carbonyl (C=O) groups is 2. The number of hydrogen-bond donors (Lipinski definition) is 1. The van der Waals surface area contributed by atoms with Crippen molar-refractivity contribution in [3.8, 4) is 10.6 Å². The summed E-state index contributed by atoms with van der Waals surface area (Å²) in [6, 6.07) is 5.00. The molecule has 0 saturated carbocycles. The van der Waals surface area contributed by atoms with E-state index in [2.05, 4.69) is 15.2 Å². The lowest BCUT2D eigenvalue weighted by molar-refractivity contribution is 0.0596. The molecule has 1 aromatic carbocycles. The second-order valence-corrected chi connectivity index (χ2v) is 9.11. The highest BCUT2D eigenvalue weighted by Gasteiger charge is 2.25. The molecule has 0 spiro atoms. The van der Waals surface area contributed by atoms with Gasteiger partial charge in [0.2, 0.25) is 0 Å². The van der Waals surface area contributed by atoms with Gasteiger partial charge in [-0.1, -0.05) is 17.4 Å². The van der Waals surface area contributed by atoms with Crippen molar-refractivity contribution in [2.75, 3.05) is 25.5 Å². The molecule has 1 fully saturated rings. The number of esters is 1. The van der Waals surface area contributed by atoms with Crippen LogP contribution in [0.2, 0.25) is 0 Å². The Morgan fingerprint density at radius 3 is 2.57 bits per heavy atom. The van der Waals surface area contributed by atoms with Crippen molar-refractivity contribution in [1.82, 2.24) is 9.88 Å². The number of likely N-dealkylation sites (tertiary alicyclic amines) is 1. The van der Waals surface area contributed by atoms with Crippen molar-refractivity contribution < 1.29 is 23.5 Å². The molecule has 0 bridgehead atoms. The van der Waals surface area contributed by atoms with Crippen LogP contribution in [0.15, 0.2) is 18.2 Å². The van der Waals surface area contributed by atoms with Crippen molar-refractivity contribution in [3.63, 3.8) is 0 Å². The second-order valence-electron chi connectivity index (χ2n) is 8.11. The topological polar surface area (TPSA) is 80.8 Å². The van der Waals surface area contributed by atoms with Crippen LogP contribution in [0.5, 0.6) is 0 Å². The van der Waals surface area contributed by atoms with E-state index in [0.29, 0.717) is 6.54 Å². The Labute approximate surface area is 179 Å². The fraction of sp³-hybridized carbons (Fsp3) is 0.476. The number of carbonyl (C=O) groups excluding carboxylic acids is 2. The van der Waals surface area contributed by atoms with Gasteiger partial charge < -0.3 is 9.47 Å². The number of nitrogens with one attached hydrogen (secondary N) is 1. The van der Waals surface area contributed by atoms with E-state index in [1.54, 1.807) is 26.8 Å². The van der Waals surface area contributed by atoms with Crippen LogP contribution in [0.3, 0.4) is 0 Å². The Hall–Kier alpha value is -2.52. The van der Waals surface area contributed by atoms with Crippen LogP contribution in [0, 0.1) is 5.82 Å². The maximum absolute atomic E-state index is 14.8. The van der Waals surface area contributed by atoms with E-state index in [-0.39, 0.29) is 21.3 Å². The zero-order valence-electron chi connectivity index (χ0n) is 17.6. The van der Waals surface area contributed by atoms with Crippen LogP contribution in [0.1, 0.15) is 49.7 Å². The lowest BCUT2D eigenvalue weighted by atomic mass is 10.1. The Morgan fingerprint density at radius 2 is 1.97 bits per heavy atom.